The number of benzene rings is 3. The summed E-state index contributed by atoms with van der Waals surface area (Å²) in [6.45, 7) is 4.25. The van der Waals surface area contributed by atoms with Crippen molar-refractivity contribution in [3.8, 4) is 0 Å². The third-order valence-corrected chi connectivity index (χ3v) is 7.76. The largest absolute Gasteiger partial charge is 0.207 e. The van der Waals surface area contributed by atoms with Crippen LogP contribution in [0, 0.1) is 17.6 Å². The molecular weight excluding hydrogens is 422 g/mol. The van der Waals surface area contributed by atoms with Gasteiger partial charge in [-0.05, 0) is 104 Å². The van der Waals surface area contributed by atoms with Crippen LogP contribution in [-0.4, -0.2) is 0 Å². The van der Waals surface area contributed by atoms with Crippen molar-refractivity contribution in [1.29, 1.82) is 0 Å². The molecule has 0 aliphatic heterocycles. The molecule has 1 fully saturated rings. The molecule has 2 heteroatoms. The van der Waals surface area contributed by atoms with Crippen LogP contribution in [-0.2, 0) is 19.3 Å². The average Bonchev–Trinajstić information content (AvgIpc) is 2.86. The molecule has 0 aromatic heterocycles. The lowest BCUT2D eigenvalue weighted by Crippen LogP contribution is -2.15. The zero-order valence-corrected chi connectivity index (χ0v) is 20.7. The molecule has 0 nitrogen and oxygen atoms in total. The summed E-state index contributed by atoms with van der Waals surface area (Å²) in [7, 11) is 0. The third kappa shape index (κ3) is 6.34. The molecule has 34 heavy (non-hydrogen) atoms. The molecule has 0 saturated heterocycles. The highest BCUT2D eigenvalue weighted by Gasteiger charge is 2.24. The summed E-state index contributed by atoms with van der Waals surface area (Å²) in [4.78, 5) is 0. The first-order valence-corrected chi connectivity index (χ1v) is 13.1. The molecule has 1 saturated carbocycles. The number of aryl methyl sites for hydroxylation is 1. The van der Waals surface area contributed by atoms with Crippen molar-refractivity contribution < 1.29 is 8.78 Å². The van der Waals surface area contributed by atoms with Gasteiger partial charge in [0, 0.05) is 5.56 Å². The van der Waals surface area contributed by atoms with E-state index in [-0.39, 0.29) is 17.2 Å². The van der Waals surface area contributed by atoms with E-state index in [9.17, 15) is 8.78 Å². The van der Waals surface area contributed by atoms with E-state index in [4.69, 9.17) is 0 Å². The van der Waals surface area contributed by atoms with Crippen molar-refractivity contribution in [2.24, 2.45) is 5.92 Å². The standard InChI is InChI=1S/C32H38F2/c1-3-7-30-31(33)21-29(22-32(30)34)28-18-16-25(17-19-28)11-10-24-12-14-26(15-13-24)20-23(2)27-8-5-4-6-9-27/h4-6,8-9,12-15,21-23,25,28H,3,7,10-11,16-20H2,1-2H3/t23-,25?,28?/m0/s1. The molecule has 0 heterocycles. The summed E-state index contributed by atoms with van der Waals surface area (Å²) >= 11 is 0. The molecule has 1 aliphatic carbocycles. The maximum Gasteiger partial charge on any atom is 0.129 e. The van der Waals surface area contributed by atoms with E-state index < -0.39 is 0 Å². The van der Waals surface area contributed by atoms with Gasteiger partial charge in [0.1, 0.15) is 11.6 Å². The first kappa shape index (κ1) is 24.6. The highest BCUT2D eigenvalue weighted by molar-refractivity contribution is 5.30. The fourth-order valence-electron chi connectivity index (χ4n) is 5.60. The summed E-state index contributed by atoms with van der Waals surface area (Å²) < 4.78 is 28.8. The van der Waals surface area contributed by atoms with Crippen LogP contribution in [0.3, 0.4) is 0 Å². The smallest absolute Gasteiger partial charge is 0.129 e. The Morgan fingerprint density at radius 1 is 0.794 bits per heavy atom. The zero-order chi connectivity index (χ0) is 23.9. The van der Waals surface area contributed by atoms with Crippen LogP contribution >= 0.6 is 0 Å². The van der Waals surface area contributed by atoms with E-state index >= 15 is 0 Å². The molecule has 3 aromatic carbocycles. The SMILES string of the molecule is CCCc1c(F)cc(C2CCC(CCc3ccc(C[C@H](C)c4ccccc4)cc3)CC2)cc1F. The monoisotopic (exact) mass is 460 g/mol. The average molecular weight is 461 g/mol. The molecule has 1 atom stereocenters. The molecule has 0 bridgehead atoms. The van der Waals surface area contributed by atoms with Crippen LogP contribution in [0.1, 0.15) is 92.0 Å². The molecule has 0 radical (unpaired) electrons. The Bertz CT molecular complexity index is 1010. The molecule has 1 aliphatic rings. The Balaban J connectivity index is 1.24. The van der Waals surface area contributed by atoms with Gasteiger partial charge in [-0.25, -0.2) is 8.78 Å². The fourth-order valence-corrected chi connectivity index (χ4v) is 5.60. The van der Waals surface area contributed by atoms with Crippen molar-refractivity contribution >= 4 is 0 Å². The van der Waals surface area contributed by atoms with Crippen LogP contribution in [0.25, 0.3) is 0 Å². The van der Waals surface area contributed by atoms with Gasteiger partial charge in [-0.3, -0.25) is 0 Å². The van der Waals surface area contributed by atoms with Gasteiger partial charge in [0.05, 0.1) is 0 Å². The van der Waals surface area contributed by atoms with E-state index in [0.29, 0.717) is 24.2 Å². The Kier molecular flexibility index (Phi) is 8.53. The maximum atomic E-state index is 14.4. The predicted octanol–water partition coefficient (Wildman–Crippen LogP) is 9.17. The lowest BCUT2D eigenvalue weighted by molar-refractivity contribution is 0.309. The quantitative estimate of drug-likeness (QED) is 0.298. The Labute approximate surface area is 204 Å². The van der Waals surface area contributed by atoms with Crippen molar-refractivity contribution in [2.75, 3.05) is 0 Å². The zero-order valence-electron chi connectivity index (χ0n) is 20.7. The van der Waals surface area contributed by atoms with Crippen molar-refractivity contribution in [1.82, 2.24) is 0 Å². The number of halogens is 2. The predicted molar refractivity (Wildman–Crippen MR) is 138 cm³/mol. The van der Waals surface area contributed by atoms with Crippen LogP contribution < -0.4 is 0 Å². The summed E-state index contributed by atoms with van der Waals surface area (Å²) in [6.07, 6.45) is 8.97. The van der Waals surface area contributed by atoms with E-state index in [1.165, 1.54) is 23.1 Å². The van der Waals surface area contributed by atoms with Crippen LogP contribution in [0.4, 0.5) is 8.78 Å². The van der Waals surface area contributed by atoms with Gasteiger partial charge >= 0.3 is 0 Å². The summed E-state index contributed by atoms with van der Waals surface area (Å²) in [6, 6.07) is 23.1. The van der Waals surface area contributed by atoms with Crippen LogP contribution in [0.2, 0.25) is 0 Å². The Morgan fingerprint density at radius 2 is 1.41 bits per heavy atom. The Hall–Kier alpha value is -2.48. The van der Waals surface area contributed by atoms with Gasteiger partial charge < -0.3 is 0 Å². The molecule has 0 amide bonds. The molecular formula is C32H38F2. The highest BCUT2D eigenvalue weighted by Crippen LogP contribution is 2.38. The minimum atomic E-state index is -0.361. The van der Waals surface area contributed by atoms with Gasteiger partial charge in [0.2, 0.25) is 0 Å². The van der Waals surface area contributed by atoms with Crippen molar-refractivity contribution in [2.45, 2.75) is 83.5 Å². The number of rotatable bonds is 9. The molecule has 3 aromatic rings. The minimum Gasteiger partial charge on any atom is -0.207 e. The second kappa shape index (κ2) is 11.8. The molecule has 180 valence electrons. The first-order chi connectivity index (χ1) is 16.5. The minimum absolute atomic E-state index is 0.250. The van der Waals surface area contributed by atoms with Gasteiger partial charge in [0.25, 0.3) is 0 Å². The molecule has 0 unspecified atom stereocenters. The summed E-state index contributed by atoms with van der Waals surface area (Å²) in [5, 5.41) is 0. The second-order valence-corrected chi connectivity index (χ2v) is 10.3. The number of hydrogen-bond acceptors (Lipinski definition) is 0. The Morgan fingerprint density at radius 3 is 2.03 bits per heavy atom. The van der Waals surface area contributed by atoms with E-state index in [1.807, 2.05) is 6.92 Å². The van der Waals surface area contributed by atoms with E-state index in [2.05, 4.69) is 61.5 Å². The molecule has 0 spiro atoms. The van der Waals surface area contributed by atoms with Crippen molar-refractivity contribution in [3.63, 3.8) is 0 Å². The molecule has 0 N–H and O–H groups in total. The summed E-state index contributed by atoms with van der Waals surface area (Å²) in [5.41, 5.74) is 5.30. The second-order valence-electron chi connectivity index (χ2n) is 10.3. The normalized spacial score (nSPS) is 19.2. The van der Waals surface area contributed by atoms with Crippen LogP contribution in [0.5, 0.6) is 0 Å². The van der Waals surface area contributed by atoms with Gasteiger partial charge in [-0.1, -0.05) is 74.9 Å². The van der Waals surface area contributed by atoms with Crippen LogP contribution in [0.15, 0.2) is 66.7 Å². The topological polar surface area (TPSA) is 0 Å². The van der Waals surface area contributed by atoms with Crippen molar-refractivity contribution in [3.05, 3.63) is 106 Å². The third-order valence-electron chi connectivity index (χ3n) is 7.76. The molecule has 4 rings (SSSR count). The lowest BCUT2D eigenvalue weighted by atomic mass is 9.76. The number of hydrogen-bond donors (Lipinski definition) is 0. The van der Waals surface area contributed by atoms with Gasteiger partial charge in [-0.2, -0.15) is 0 Å². The van der Waals surface area contributed by atoms with Gasteiger partial charge in [-0.15, -0.1) is 0 Å². The fraction of sp³-hybridized carbons (Fsp3) is 0.438. The summed E-state index contributed by atoms with van der Waals surface area (Å²) in [5.74, 6) is 0.804. The highest BCUT2D eigenvalue weighted by atomic mass is 19.1. The van der Waals surface area contributed by atoms with E-state index in [0.717, 1.165) is 50.5 Å². The maximum absolute atomic E-state index is 14.4. The van der Waals surface area contributed by atoms with E-state index in [1.54, 1.807) is 12.1 Å². The van der Waals surface area contributed by atoms with Gasteiger partial charge in [0.15, 0.2) is 0 Å². The first-order valence-electron chi connectivity index (χ1n) is 13.1. The lowest BCUT2D eigenvalue weighted by Gasteiger charge is -2.29.